The van der Waals surface area contributed by atoms with Crippen molar-refractivity contribution in [2.24, 2.45) is 5.41 Å². The standard InChI is InChI=1S/C9H14/c1-3-6-9(2)7-4-5-8-9/h4-5,7-8H2,1-2H3. The fourth-order valence-electron chi connectivity index (χ4n) is 1.58. The van der Waals surface area contributed by atoms with Gasteiger partial charge in [-0.15, -0.1) is 5.92 Å². The van der Waals surface area contributed by atoms with Crippen LogP contribution in [0, 0.1) is 17.3 Å². The van der Waals surface area contributed by atoms with E-state index in [4.69, 9.17) is 0 Å². The lowest BCUT2D eigenvalue weighted by Gasteiger charge is -2.13. The minimum Gasteiger partial charge on any atom is -0.106 e. The smallest absolute Gasteiger partial charge is 0.0286 e. The molecule has 0 heteroatoms. The summed E-state index contributed by atoms with van der Waals surface area (Å²) in [6.45, 7) is 4.21. The van der Waals surface area contributed by atoms with Crippen LogP contribution in [0.4, 0.5) is 0 Å². The van der Waals surface area contributed by atoms with Gasteiger partial charge in [-0.25, -0.2) is 0 Å². The molecule has 0 radical (unpaired) electrons. The Bertz CT molecular complexity index is 139. The Labute approximate surface area is 57.7 Å². The van der Waals surface area contributed by atoms with Crippen LogP contribution in [0.5, 0.6) is 0 Å². The second-order valence-electron chi connectivity index (χ2n) is 3.14. The van der Waals surface area contributed by atoms with Gasteiger partial charge < -0.3 is 0 Å². The predicted octanol–water partition coefficient (Wildman–Crippen LogP) is 2.59. The third-order valence-electron chi connectivity index (χ3n) is 2.13. The van der Waals surface area contributed by atoms with Crippen LogP contribution in [0.2, 0.25) is 0 Å². The second kappa shape index (κ2) is 2.43. The summed E-state index contributed by atoms with van der Waals surface area (Å²) in [5, 5.41) is 0. The molecule has 0 atom stereocenters. The summed E-state index contributed by atoms with van der Waals surface area (Å²) in [5.74, 6) is 6.27. The summed E-state index contributed by atoms with van der Waals surface area (Å²) in [6, 6.07) is 0. The van der Waals surface area contributed by atoms with E-state index in [1.54, 1.807) is 0 Å². The summed E-state index contributed by atoms with van der Waals surface area (Å²) in [5.41, 5.74) is 0.384. The molecule has 0 unspecified atom stereocenters. The maximum Gasteiger partial charge on any atom is 0.0286 e. The van der Waals surface area contributed by atoms with Crippen molar-refractivity contribution in [2.75, 3.05) is 0 Å². The highest BCUT2D eigenvalue weighted by Crippen LogP contribution is 2.36. The molecule has 0 heterocycles. The molecule has 0 amide bonds. The van der Waals surface area contributed by atoms with Gasteiger partial charge in [-0.3, -0.25) is 0 Å². The molecule has 0 saturated heterocycles. The Morgan fingerprint density at radius 3 is 2.22 bits per heavy atom. The lowest BCUT2D eigenvalue weighted by Crippen LogP contribution is -2.05. The van der Waals surface area contributed by atoms with Crippen LogP contribution in [-0.4, -0.2) is 0 Å². The molecular formula is C9H14. The van der Waals surface area contributed by atoms with Crippen molar-refractivity contribution in [3.05, 3.63) is 0 Å². The number of hydrogen-bond donors (Lipinski definition) is 0. The van der Waals surface area contributed by atoms with Gasteiger partial charge in [0.1, 0.15) is 0 Å². The molecule has 0 bridgehead atoms. The molecule has 0 aromatic carbocycles. The van der Waals surface area contributed by atoms with E-state index in [0.717, 1.165) is 0 Å². The lowest BCUT2D eigenvalue weighted by molar-refractivity contribution is 0.468. The first-order chi connectivity index (χ1) is 4.27. The van der Waals surface area contributed by atoms with E-state index in [1.165, 1.54) is 25.7 Å². The van der Waals surface area contributed by atoms with Crippen LogP contribution in [0.3, 0.4) is 0 Å². The van der Waals surface area contributed by atoms with Crippen molar-refractivity contribution in [3.8, 4) is 11.8 Å². The lowest BCUT2D eigenvalue weighted by atomic mass is 9.90. The first-order valence-electron chi connectivity index (χ1n) is 3.71. The minimum absolute atomic E-state index is 0.384. The van der Waals surface area contributed by atoms with Gasteiger partial charge in [-0.2, -0.15) is 0 Å². The van der Waals surface area contributed by atoms with Gasteiger partial charge in [0.2, 0.25) is 0 Å². The average Bonchev–Trinajstić information content (AvgIpc) is 2.16. The third-order valence-corrected chi connectivity index (χ3v) is 2.13. The zero-order valence-corrected chi connectivity index (χ0v) is 6.33. The molecule has 0 spiro atoms. The normalized spacial score (nSPS) is 22.9. The summed E-state index contributed by atoms with van der Waals surface area (Å²) >= 11 is 0. The molecule has 1 aliphatic rings. The highest BCUT2D eigenvalue weighted by Gasteiger charge is 2.25. The Morgan fingerprint density at radius 2 is 1.78 bits per heavy atom. The SMILES string of the molecule is CC#CC1(C)CCCC1. The molecule has 9 heavy (non-hydrogen) atoms. The van der Waals surface area contributed by atoms with E-state index in [-0.39, 0.29) is 0 Å². The Hall–Kier alpha value is -0.440. The highest BCUT2D eigenvalue weighted by atomic mass is 14.3. The predicted molar refractivity (Wildman–Crippen MR) is 40.0 cm³/mol. The van der Waals surface area contributed by atoms with Crippen molar-refractivity contribution in [1.82, 2.24) is 0 Å². The number of rotatable bonds is 0. The molecule has 1 saturated carbocycles. The van der Waals surface area contributed by atoms with Crippen molar-refractivity contribution in [2.45, 2.75) is 39.5 Å². The molecule has 0 aromatic heterocycles. The fraction of sp³-hybridized carbons (Fsp3) is 0.778. The third kappa shape index (κ3) is 1.48. The van der Waals surface area contributed by atoms with E-state index in [0.29, 0.717) is 5.41 Å². The number of hydrogen-bond acceptors (Lipinski definition) is 0. The van der Waals surface area contributed by atoms with E-state index >= 15 is 0 Å². The highest BCUT2D eigenvalue weighted by molar-refractivity contribution is 5.10. The minimum atomic E-state index is 0.384. The fourth-order valence-corrected chi connectivity index (χ4v) is 1.58. The van der Waals surface area contributed by atoms with Gasteiger partial charge in [-0.1, -0.05) is 18.8 Å². The van der Waals surface area contributed by atoms with Gasteiger partial charge in [0.25, 0.3) is 0 Å². The first-order valence-corrected chi connectivity index (χ1v) is 3.71. The van der Waals surface area contributed by atoms with Gasteiger partial charge in [-0.05, 0) is 26.7 Å². The van der Waals surface area contributed by atoms with Gasteiger partial charge in [0.05, 0.1) is 0 Å². The topological polar surface area (TPSA) is 0 Å². The Morgan fingerprint density at radius 1 is 1.22 bits per heavy atom. The van der Waals surface area contributed by atoms with E-state index in [1.807, 2.05) is 6.92 Å². The Kier molecular flexibility index (Phi) is 1.81. The molecule has 0 aliphatic heterocycles. The van der Waals surface area contributed by atoms with Crippen molar-refractivity contribution in [1.29, 1.82) is 0 Å². The van der Waals surface area contributed by atoms with Crippen molar-refractivity contribution < 1.29 is 0 Å². The van der Waals surface area contributed by atoms with Gasteiger partial charge in [0.15, 0.2) is 0 Å². The van der Waals surface area contributed by atoms with Crippen molar-refractivity contribution in [3.63, 3.8) is 0 Å². The maximum absolute atomic E-state index is 3.27. The average molecular weight is 122 g/mol. The zero-order chi connectivity index (χ0) is 6.74. The van der Waals surface area contributed by atoms with Crippen LogP contribution in [0.1, 0.15) is 39.5 Å². The van der Waals surface area contributed by atoms with Crippen LogP contribution >= 0.6 is 0 Å². The largest absolute Gasteiger partial charge is 0.106 e. The summed E-state index contributed by atoms with van der Waals surface area (Å²) in [6.07, 6.45) is 5.39. The molecule has 0 aromatic rings. The second-order valence-corrected chi connectivity index (χ2v) is 3.14. The van der Waals surface area contributed by atoms with Crippen LogP contribution in [0.15, 0.2) is 0 Å². The van der Waals surface area contributed by atoms with Crippen LogP contribution < -0.4 is 0 Å². The summed E-state index contributed by atoms with van der Waals surface area (Å²) in [4.78, 5) is 0. The molecular weight excluding hydrogens is 108 g/mol. The monoisotopic (exact) mass is 122 g/mol. The molecule has 0 N–H and O–H groups in total. The molecule has 50 valence electrons. The molecule has 1 aliphatic carbocycles. The van der Waals surface area contributed by atoms with Gasteiger partial charge >= 0.3 is 0 Å². The summed E-state index contributed by atoms with van der Waals surface area (Å²) < 4.78 is 0. The zero-order valence-electron chi connectivity index (χ0n) is 6.33. The first kappa shape index (κ1) is 6.68. The van der Waals surface area contributed by atoms with E-state index in [2.05, 4.69) is 18.8 Å². The van der Waals surface area contributed by atoms with Gasteiger partial charge in [0, 0.05) is 5.41 Å². The molecule has 0 nitrogen and oxygen atoms in total. The quantitative estimate of drug-likeness (QED) is 0.433. The molecule has 1 fully saturated rings. The molecule has 1 rings (SSSR count). The van der Waals surface area contributed by atoms with E-state index in [9.17, 15) is 0 Å². The van der Waals surface area contributed by atoms with Crippen LogP contribution in [0.25, 0.3) is 0 Å². The Balaban J connectivity index is 2.58. The summed E-state index contributed by atoms with van der Waals surface area (Å²) in [7, 11) is 0. The maximum atomic E-state index is 3.27. The van der Waals surface area contributed by atoms with Crippen LogP contribution in [-0.2, 0) is 0 Å². The van der Waals surface area contributed by atoms with E-state index < -0.39 is 0 Å². The van der Waals surface area contributed by atoms with Crippen molar-refractivity contribution >= 4 is 0 Å².